The van der Waals surface area contributed by atoms with Crippen molar-refractivity contribution >= 4 is 21.8 Å². The van der Waals surface area contributed by atoms with Crippen molar-refractivity contribution in [3.8, 4) is 0 Å². The van der Waals surface area contributed by atoms with Crippen LogP contribution in [0.15, 0.2) is 24.3 Å². The summed E-state index contributed by atoms with van der Waals surface area (Å²) >= 11 is 0. The summed E-state index contributed by atoms with van der Waals surface area (Å²) in [6.45, 7) is 1.61. The number of hydrogen-bond donors (Lipinski definition) is 2. The minimum absolute atomic E-state index is 0.121. The summed E-state index contributed by atoms with van der Waals surface area (Å²) in [5.41, 5.74) is 1.90. The molecule has 0 aromatic heterocycles. The van der Waals surface area contributed by atoms with Crippen LogP contribution >= 0.6 is 0 Å². The lowest BCUT2D eigenvalue weighted by Crippen LogP contribution is -2.32. The van der Waals surface area contributed by atoms with Gasteiger partial charge in [0.1, 0.15) is 5.78 Å². The monoisotopic (exact) mass is 353 g/mol. The fraction of sp³-hybridized carbons (Fsp3) is 0.529. The van der Waals surface area contributed by atoms with Crippen LogP contribution in [0, 0.1) is 5.92 Å². The summed E-state index contributed by atoms with van der Waals surface area (Å²) in [6, 6.07) is 7.59. The van der Waals surface area contributed by atoms with Gasteiger partial charge in [-0.15, -0.1) is 0 Å². The van der Waals surface area contributed by atoms with Gasteiger partial charge in [0.05, 0.1) is 11.7 Å². The largest absolute Gasteiger partial charge is 0.354 e. The normalized spacial score (nSPS) is 19.2. The molecule has 7 heteroatoms. The predicted molar refractivity (Wildman–Crippen MR) is 90.3 cm³/mol. The fourth-order valence-corrected chi connectivity index (χ4v) is 3.30. The van der Waals surface area contributed by atoms with Crippen molar-refractivity contribution in [3.05, 3.63) is 35.4 Å². The van der Waals surface area contributed by atoms with Gasteiger partial charge in [0.15, 0.2) is 0 Å². The number of nitrogens with one attached hydrogen (secondary N) is 1. The zero-order chi connectivity index (χ0) is 17.7. The van der Waals surface area contributed by atoms with Gasteiger partial charge in [-0.1, -0.05) is 24.3 Å². The van der Waals surface area contributed by atoms with Gasteiger partial charge in [0.25, 0.3) is 10.1 Å². The van der Waals surface area contributed by atoms with Crippen LogP contribution in [0.5, 0.6) is 0 Å². The molecule has 0 saturated heterocycles. The summed E-state index contributed by atoms with van der Waals surface area (Å²) in [6.07, 6.45) is 3.35. The van der Waals surface area contributed by atoms with Crippen molar-refractivity contribution in [2.24, 2.45) is 5.92 Å². The Labute approximate surface area is 142 Å². The third-order valence-corrected chi connectivity index (χ3v) is 5.17. The molecule has 132 valence electrons. The molecule has 2 atom stereocenters. The molecule has 1 aromatic rings. The smallest absolute Gasteiger partial charge is 0.266 e. The molecule has 1 aliphatic rings. The quantitative estimate of drug-likeness (QED) is 0.727. The second kappa shape index (κ2) is 7.90. The first-order valence-corrected chi connectivity index (χ1v) is 9.71. The highest BCUT2D eigenvalue weighted by molar-refractivity contribution is 7.85. The van der Waals surface area contributed by atoms with Gasteiger partial charge in [0, 0.05) is 18.9 Å². The maximum Gasteiger partial charge on any atom is 0.266 e. The number of ketones is 1. The van der Waals surface area contributed by atoms with E-state index in [9.17, 15) is 18.0 Å². The van der Waals surface area contributed by atoms with Crippen LogP contribution < -0.4 is 5.32 Å². The molecule has 0 bridgehead atoms. The molecule has 2 N–H and O–H groups in total. The zero-order valence-corrected chi connectivity index (χ0v) is 14.5. The molecule has 0 aliphatic heterocycles. The molecule has 24 heavy (non-hydrogen) atoms. The van der Waals surface area contributed by atoms with Crippen LogP contribution in [0.2, 0.25) is 0 Å². The SMILES string of the molecule is CC(C(=O)NCCS(=O)(=O)O)c1ccc(CC2CCCC2=O)cc1. The number of rotatable bonds is 7. The molecular weight excluding hydrogens is 330 g/mol. The highest BCUT2D eigenvalue weighted by Crippen LogP contribution is 2.25. The maximum absolute atomic E-state index is 12.0. The van der Waals surface area contributed by atoms with Gasteiger partial charge in [-0.3, -0.25) is 14.1 Å². The summed E-state index contributed by atoms with van der Waals surface area (Å²) in [4.78, 5) is 23.7. The fourth-order valence-electron chi connectivity index (χ4n) is 2.94. The number of carbonyl (C=O) groups excluding carboxylic acids is 2. The molecule has 1 aliphatic carbocycles. The molecular formula is C17H23NO5S. The zero-order valence-electron chi connectivity index (χ0n) is 13.7. The summed E-state index contributed by atoms with van der Waals surface area (Å²) in [5.74, 6) is -0.756. The number of amides is 1. The van der Waals surface area contributed by atoms with E-state index in [0.717, 1.165) is 30.4 Å². The topological polar surface area (TPSA) is 101 Å². The van der Waals surface area contributed by atoms with Gasteiger partial charge in [-0.05, 0) is 37.3 Å². The molecule has 2 rings (SSSR count). The van der Waals surface area contributed by atoms with E-state index in [1.807, 2.05) is 24.3 Å². The molecule has 0 spiro atoms. The van der Waals surface area contributed by atoms with Crippen LogP contribution in [-0.4, -0.2) is 37.0 Å². The van der Waals surface area contributed by atoms with Crippen LogP contribution in [-0.2, 0) is 26.1 Å². The minimum atomic E-state index is -4.07. The second-order valence-corrected chi connectivity index (χ2v) is 7.87. The van der Waals surface area contributed by atoms with Crippen LogP contribution in [0.25, 0.3) is 0 Å². The first kappa shape index (κ1) is 18.6. The Kier molecular flexibility index (Phi) is 6.12. The molecule has 1 fully saturated rings. The lowest BCUT2D eigenvalue weighted by Gasteiger charge is -2.13. The average Bonchev–Trinajstić information content (AvgIpc) is 2.91. The van der Waals surface area contributed by atoms with Crippen molar-refractivity contribution in [1.82, 2.24) is 5.32 Å². The molecule has 1 saturated carbocycles. The Balaban J connectivity index is 1.89. The van der Waals surface area contributed by atoms with Crippen molar-refractivity contribution in [2.45, 2.75) is 38.5 Å². The van der Waals surface area contributed by atoms with E-state index in [1.54, 1.807) is 6.92 Å². The Morgan fingerprint density at radius 1 is 1.33 bits per heavy atom. The highest BCUT2D eigenvalue weighted by Gasteiger charge is 2.24. The summed E-state index contributed by atoms with van der Waals surface area (Å²) in [5, 5.41) is 2.49. The van der Waals surface area contributed by atoms with E-state index in [0.29, 0.717) is 12.2 Å². The van der Waals surface area contributed by atoms with Gasteiger partial charge in [-0.25, -0.2) is 0 Å². The lowest BCUT2D eigenvalue weighted by atomic mass is 9.94. The van der Waals surface area contributed by atoms with Crippen LogP contribution in [0.4, 0.5) is 0 Å². The van der Waals surface area contributed by atoms with Gasteiger partial charge >= 0.3 is 0 Å². The molecule has 0 radical (unpaired) electrons. The van der Waals surface area contributed by atoms with E-state index >= 15 is 0 Å². The third kappa shape index (κ3) is 5.42. The average molecular weight is 353 g/mol. The van der Waals surface area contributed by atoms with Crippen LogP contribution in [0.3, 0.4) is 0 Å². The van der Waals surface area contributed by atoms with E-state index < -0.39 is 21.8 Å². The molecule has 1 amide bonds. The first-order valence-electron chi connectivity index (χ1n) is 8.10. The first-order chi connectivity index (χ1) is 11.3. The Hall–Kier alpha value is -1.73. The Morgan fingerprint density at radius 2 is 2.00 bits per heavy atom. The summed E-state index contributed by atoms with van der Waals surface area (Å²) < 4.78 is 29.9. The number of carbonyl (C=O) groups is 2. The van der Waals surface area contributed by atoms with E-state index in [2.05, 4.69) is 5.32 Å². The molecule has 6 nitrogen and oxygen atoms in total. The molecule has 1 aromatic carbocycles. The molecule has 2 unspecified atom stereocenters. The van der Waals surface area contributed by atoms with Gasteiger partial charge < -0.3 is 5.32 Å². The second-order valence-electron chi connectivity index (χ2n) is 6.30. The summed E-state index contributed by atoms with van der Waals surface area (Å²) in [7, 11) is -4.07. The van der Waals surface area contributed by atoms with E-state index in [1.165, 1.54) is 0 Å². The van der Waals surface area contributed by atoms with Crippen molar-refractivity contribution < 1.29 is 22.6 Å². The van der Waals surface area contributed by atoms with Crippen molar-refractivity contribution in [3.63, 3.8) is 0 Å². The minimum Gasteiger partial charge on any atom is -0.354 e. The van der Waals surface area contributed by atoms with E-state index in [4.69, 9.17) is 4.55 Å². The van der Waals surface area contributed by atoms with E-state index in [-0.39, 0.29) is 18.4 Å². The predicted octanol–water partition coefficient (Wildman–Crippen LogP) is 1.71. The number of hydrogen-bond acceptors (Lipinski definition) is 4. The van der Waals surface area contributed by atoms with Crippen LogP contribution in [0.1, 0.15) is 43.2 Å². The standard InChI is InChI=1S/C17H23NO5S/c1-12(17(20)18-9-10-24(21,22)23)14-7-5-13(6-8-14)11-15-3-2-4-16(15)19/h5-8,12,15H,2-4,9-11H2,1H3,(H,18,20)(H,21,22,23). The van der Waals surface area contributed by atoms with Crippen molar-refractivity contribution in [2.75, 3.05) is 12.3 Å². The third-order valence-electron chi connectivity index (χ3n) is 4.45. The molecule has 0 heterocycles. The van der Waals surface area contributed by atoms with Crippen molar-refractivity contribution in [1.29, 1.82) is 0 Å². The number of benzene rings is 1. The lowest BCUT2D eigenvalue weighted by molar-refractivity contribution is -0.122. The number of Topliss-reactive ketones (excluding diaryl/α,β-unsaturated/α-hetero) is 1. The maximum atomic E-state index is 12.0. The Morgan fingerprint density at radius 3 is 2.54 bits per heavy atom. The van der Waals surface area contributed by atoms with Gasteiger partial charge in [0.2, 0.25) is 5.91 Å². The highest BCUT2D eigenvalue weighted by atomic mass is 32.2. The van der Waals surface area contributed by atoms with Gasteiger partial charge in [-0.2, -0.15) is 8.42 Å². The Bertz CT molecular complexity index is 696.